The second kappa shape index (κ2) is 10.1. The van der Waals surface area contributed by atoms with Gasteiger partial charge in [-0.25, -0.2) is 4.39 Å². The number of halogens is 1. The van der Waals surface area contributed by atoms with Gasteiger partial charge >= 0.3 is 5.97 Å². The number of hydrogen-bond acceptors (Lipinski definition) is 5. The number of thioether (sulfide) groups is 1. The topological polar surface area (TPSA) is 75.7 Å². The first-order valence-electron chi connectivity index (χ1n) is 9.22. The van der Waals surface area contributed by atoms with Crippen molar-refractivity contribution in [2.75, 3.05) is 30.3 Å². The zero-order valence-electron chi connectivity index (χ0n) is 15.7. The molecule has 0 saturated heterocycles. The molecule has 1 aliphatic heterocycles. The number of ether oxygens (including phenoxy) is 1. The van der Waals surface area contributed by atoms with Crippen LogP contribution < -0.4 is 10.2 Å². The lowest BCUT2D eigenvalue weighted by Gasteiger charge is -2.28. The smallest absolute Gasteiger partial charge is 0.308 e. The normalized spacial score (nSPS) is 13.0. The fourth-order valence-corrected chi connectivity index (χ4v) is 3.84. The van der Waals surface area contributed by atoms with Crippen molar-refractivity contribution < 1.29 is 23.5 Å². The first-order chi connectivity index (χ1) is 14.0. The molecule has 3 rings (SSSR count). The molecular formula is C21H21FN2O4S. The Morgan fingerprint density at radius 3 is 2.72 bits per heavy atom. The van der Waals surface area contributed by atoms with Crippen LogP contribution in [0.5, 0.6) is 0 Å². The maximum Gasteiger partial charge on any atom is 0.308 e. The van der Waals surface area contributed by atoms with Gasteiger partial charge in [0, 0.05) is 18.0 Å². The number of fused-ring (bicyclic) bond motifs is 1. The van der Waals surface area contributed by atoms with E-state index in [-0.39, 0.29) is 31.2 Å². The second-order valence-corrected chi connectivity index (χ2v) is 7.42. The molecule has 0 radical (unpaired) electrons. The summed E-state index contributed by atoms with van der Waals surface area (Å²) in [5.41, 5.74) is 1.29. The van der Waals surface area contributed by atoms with E-state index < -0.39 is 18.5 Å². The van der Waals surface area contributed by atoms with Crippen molar-refractivity contribution >= 4 is 35.2 Å². The van der Waals surface area contributed by atoms with Gasteiger partial charge in [-0.05, 0) is 30.2 Å². The lowest BCUT2D eigenvalue weighted by atomic mass is 10.1. The van der Waals surface area contributed by atoms with E-state index in [0.717, 1.165) is 10.6 Å². The molecule has 2 aromatic rings. The van der Waals surface area contributed by atoms with Gasteiger partial charge in [0.25, 0.3) is 5.91 Å². The van der Waals surface area contributed by atoms with Gasteiger partial charge in [0.15, 0.2) is 6.61 Å². The van der Waals surface area contributed by atoms with E-state index in [2.05, 4.69) is 5.32 Å². The van der Waals surface area contributed by atoms with E-state index in [1.165, 1.54) is 17.8 Å². The van der Waals surface area contributed by atoms with Crippen molar-refractivity contribution in [3.05, 3.63) is 59.9 Å². The summed E-state index contributed by atoms with van der Waals surface area (Å²) < 4.78 is 18.5. The van der Waals surface area contributed by atoms with Crippen LogP contribution >= 0.6 is 11.8 Å². The first kappa shape index (κ1) is 20.9. The Morgan fingerprint density at radius 1 is 1.14 bits per heavy atom. The van der Waals surface area contributed by atoms with Crippen LogP contribution in [0.25, 0.3) is 0 Å². The number of carbonyl (C=O) groups excluding carboxylic acids is 3. The van der Waals surface area contributed by atoms with Gasteiger partial charge < -0.3 is 15.0 Å². The minimum atomic E-state index is -0.558. The average Bonchev–Trinajstić information content (AvgIpc) is 2.73. The number of amides is 2. The largest absolute Gasteiger partial charge is 0.456 e. The summed E-state index contributed by atoms with van der Waals surface area (Å²) in [6.07, 6.45) is 0.341. The highest BCUT2D eigenvalue weighted by Crippen LogP contribution is 2.34. The van der Waals surface area contributed by atoms with Gasteiger partial charge in [-0.15, -0.1) is 11.8 Å². The molecule has 1 aliphatic rings. The zero-order chi connectivity index (χ0) is 20.6. The van der Waals surface area contributed by atoms with E-state index in [1.54, 1.807) is 23.1 Å². The van der Waals surface area contributed by atoms with Gasteiger partial charge in [0.05, 0.1) is 17.9 Å². The number of benzene rings is 2. The molecule has 29 heavy (non-hydrogen) atoms. The number of hydrogen-bond donors (Lipinski definition) is 1. The van der Waals surface area contributed by atoms with Crippen molar-refractivity contribution in [2.24, 2.45) is 0 Å². The predicted octanol–water partition coefficient (Wildman–Crippen LogP) is 2.56. The molecule has 0 aliphatic carbocycles. The summed E-state index contributed by atoms with van der Waals surface area (Å²) in [6.45, 7) is 0.0364. The lowest BCUT2D eigenvalue weighted by Crippen LogP contribution is -2.37. The fraction of sp³-hybridized carbons (Fsp3) is 0.286. The maximum absolute atomic E-state index is 13.5. The van der Waals surface area contributed by atoms with Crippen LogP contribution in [0.2, 0.25) is 0 Å². The van der Waals surface area contributed by atoms with Gasteiger partial charge in [0.2, 0.25) is 5.91 Å². The van der Waals surface area contributed by atoms with Crippen molar-refractivity contribution in [1.29, 1.82) is 0 Å². The van der Waals surface area contributed by atoms with E-state index in [4.69, 9.17) is 4.74 Å². The molecule has 2 amide bonds. The van der Waals surface area contributed by atoms with E-state index >= 15 is 0 Å². The molecule has 0 spiro atoms. The van der Waals surface area contributed by atoms with Crippen LogP contribution in [-0.2, 0) is 25.5 Å². The molecule has 0 aromatic heterocycles. The van der Waals surface area contributed by atoms with Crippen LogP contribution in [0.4, 0.5) is 10.1 Å². The van der Waals surface area contributed by atoms with Crippen LogP contribution in [0.3, 0.4) is 0 Å². The van der Waals surface area contributed by atoms with Gasteiger partial charge in [-0.1, -0.05) is 30.3 Å². The van der Waals surface area contributed by atoms with E-state index in [0.29, 0.717) is 17.7 Å². The summed E-state index contributed by atoms with van der Waals surface area (Å²) in [6, 6.07) is 13.9. The number of nitrogens with one attached hydrogen (secondary N) is 1. The number of rotatable bonds is 8. The Bertz CT molecular complexity index is 906. The molecule has 2 aromatic carbocycles. The highest BCUT2D eigenvalue weighted by atomic mass is 32.2. The Hall–Kier alpha value is -2.87. The molecule has 0 fully saturated rings. The average molecular weight is 416 g/mol. The molecule has 152 valence electrons. The summed E-state index contributed by atoms with van der Waals surface area (Å²) in [5, 5.41) is 2.59. The fourth-order valence-electron chi connectivity index (χ4n) is 2.91. The minimum Gasteiger partial charge on any atom is -0.456 e. The Morgan fingerprint density at radius 2 is 1.90 bits per heavy atom. The highest BCUT2D eigenvalue weighted by molar-refractivity contribution is 8.00. The molecule has 0 saturated carbocycles. The van der Waals surface area contributed by atoms with Gasteiger partial charge in [0.1, 0.15) is 5.82 Å². The second-order valence-electron chi connectivity index (χ2n) is 6.40. The summed E-state index contributed by atoms with van der Waals surface area (Å²) in [7, 11) is 0. The Labute approximate surface area is 172 Å². The van der Waals surface area contributed by atoms with Crippen LogP contribution in [0.15, 0.2) is 53.4 Å². The SMILES string of the molecule is O=C(COC(=O)CCN1C(=O)CSc2ccccc21)NCCc1ccccc1F. The number of esters is 1. The van der Waals surface area contributed by atoms with Crippen molar-refractivity contribution in [1.82, 2.24) is 5.32 Å². The van der Waals surface area contributed by atoms with Crippen molar-refractivity contribution in [3.8, 4) is 0 Å². The third-order valence-corrected chi connectivity index (χ3v) is 5.43. The lowest BCUT2D eigenvalue weighted by molar-refractivity contribution is -0.148. The molecule has 0 atom stereocenters. The van der Waals surface area contributed by atoms with Crippen LogP contribution in [-0.4, -0.2) is 43.2 Å². The minimum absolute atomic E-state index is 0.00670. The summed E-state index contributed by atoms with van der Waals surface area (Å²) in [4.78, 5) is 38.5. The monoisotopic (exact) mass is 416 g/mol. The molecule has 6 nitrogen and oxygen atoms in total. The molecule has 0 bridgehead atoms. The number of anilines is 1. The summed E-state index contributed by atoms with van der Waals surface area (Å²) in [5.74, 6) is -1.06. The number of para-hydroxylation sites is 1. The predicted molar refractivity (Wildman–Crippen MR) is 108 cm³/mol. The molecule has 1 N–H and O–H groups in total. The Kier molecular flexibility index (Phi) is 7.24. The van der Waals surface area contributed by atoms with Gasteiger partial charge in [-0.2, -0.15) is 0 Å². The maximum atomic E-state index is 13.5. The van der Waals surface area contributed by atoms with E-state index in [9.17, 15) is 18.8 Å². The number of nitrogens with zero attached hydrogens (tertiary/aromatic N) is 1. The molecule has 0 unspecified atom stereocenters. The number of carbonyl (C=O) groups is 3. The quantitative estimate of drug-likeness (QED) is 0.670. The molecule has 1 heterocycles. The van der Waals surface area contributed by atoms with E-state index in [1.807, 2.05) is 24.3 Å². The third kappa shape index (κ3) is 5.80. The Balaban J connectivity index is 1.38. The third-order valence-electron chi connectivity index (χ3n) is 4.39. The van der Waals surface area contributed by atoms with Crippen molar-refractivity contribution in [2.45, 2.75) is 17.7 Å². The summed E-state index contributed by atoms with van der Waals surface area (Å²) >= 11 is 1.47. The highest BCUT2D eigenvalue weighted by Gasteiger charge is 2.24. The standard InChI is InChI=1S/C21H21FN2O4S/c22-16-6-2-1-5-15(16)9-11-23-19(25)13-28-21(27)10-12-24-17-7-3-4-8-18(17)29-14-20(24)26/h1-8H,9-14H2,(H,23,25). The van der Waals surface area contributed by atoms with Crippen LogP contribution in [0, 0.1) is 5.82 Å². The van der Waals surface area contributed by atoms with Gasteiger partial charge in [-0.3, -0.25) is 14.4 Å². The van der Waals surface area contributed by atoms with Crippen molar-refractivity contribution in [3.63, 3.8) is 0 Å². The van der Waals surface area contributed by atoms with Crippen LogP contribution in [0.1, 0.15) is 12.0 Å². The molecule has 8 heteroatoms. The first-order valence-corrected chi connectivity index (χ1v) is 10.2. The molecular weight excluding hydrogens is 395 g/mol. The zero-order valence-corrected chi connectivity index (χ0v) is 16.5.